The van der Waals surface area contributed by atoms with E-state index in [1.54, 1.807) is 22.9 Å². The molecular formula is C10H11NO4. The summed E-state index contributed by atoms with van der Waals surface area (Å²) in [5.74, 6) is -3.11. The molecule has 0 aliphatic carbocycles. The Morgan fingerprint density at radius 2 is 2.07 bits per heavy atom. The van der Waals surface area contributed by atoms with E-state index in [4.69, 9.17) is 5.11 Å². The van der Waals surface area contributed by atoms with Crippen molar-refractivity contribution in [2.24, 2.45) is 0 Å². The fourth-order valence-corrected chi connectivity index (χ4v) is 1.25. The smallest absolute Gasteiger partial charge is 0.372 e. The maximum Gasteiger partial charge on any atom is 0.372 e. The second-order valence-electron chi connectivity index (χ2n) is 3.01. The Morgan fingerprint density at radius 1 is 1.40 bits per heavy atom. The SMILES string of the molecule is CCn1cccc1C(=O)CC(=O)C(=O)O. The zero-order valence-corrected chi connectivity index (χ0v) is 8.27. The molecule has 0 amide bonds. The number of Topliss-reactive ketones (excluding diaryl/α,β-unsaturated/α-hetero) is 2. The van der Waals surface area contributed by atoms with Gasteiger partial charge in [-0.15, -0.1) is 0 Å². The number of carboxylic acid groups (broad SMARTS) is 1. The van der Waals surface area contributed by atoms with Gasteiger partial charge < -0.3 is 9.67 Å². The fourth-order valence-electron chi connectivity index (χ4n) is 1.25. The van der Waals surface area contributed by atoms with Gasteiger partial charge in [0.15, 0.2) is 5.78 Å². The van der Waals surface area contributed by atoms with Crippen molar-refractivity contribution < 1.29 is 19.5 Å². The van der Waals surface area contributed by atoms with Crippen LogP contribution in [0.25, 0.3) is 0 Å². The number of carbonyl (C=O) groups excluding carboxylic acids is 2. The minimum absolute atomic E-state index is 0.368. The minimum atomic E-state index is -1.57. The topological polar surface area (TPSA) is 76.4 Å². The molecule has 0 saturated heterocycles. The summed E-state index contributed by atoms with van der Waals surface area (Å²) in [6.45, 7) is 2.46. The summed E-state index contributed by atoms with van der Waals surface area (Å²) < 4.78 is 1.66. The van der Waals surface area contributed by atoms with E-state index in [1.807, 2.05) is 6.92 Å². The van der Waals surface area contributed by atoms with E-state index < -0.39 is 24.0 Å². The summed E-state index contributed by atoms with van der Waals surface area (Å²) >= 11 is 0. The first-order valence-corrected chi connectivity index (χ1v) is 4.50. The van der Waals surface area contributed by atoms with Crippen LogP contribution >= 0.6 is 0 Å². The van der Waals surface area contributed by atoms with Crippen molar-refractivity contribution in [1.82, 2.24) is 4.57 Å². The van der Waals surface area contributed by atoms with Gasteiger partial charge in [0.25, 0.3) is 0 Å². The number of nitrogens with zero attached hydrogens (tertiary/aromatic N) is 1. The number of aromatic nitrogens is 1. The molecule has 0 radical (unpaired) electrons. The molecule has 0 aliphatic rings. The number of carboxylic acids is 1. The maximum atomic E-state index is 11.5. The van der Waals surface area contributed by atoms with Gasteiger partial charge in [-0.3, -0.25) is 9.59 Å². The van der Waals surface area contributed by atoms with Crippen LogP contribution in [0, 0.1) is 0 Å². The van der Waals surface area contributed by atoms with Crippen LogP contribution in [0.15, 0.2) is 18.3 Å². The maximum absolute atomic E-state index is 11.5. The third kappa shape index (κ3) is 2.52. The molecule has 80 valence electrons. The lowest BCUT2D eigenvalue weighted by Gasteiger charge is -2.03. The third-order valence-electron chi connectivity index (χ3n) is 2.02. The summed E-state index contributed by atoms with van der Waals surface area (Å²) in [6, 6.07) is 3.25. The van der Waals surface area contributed by atoms with Crippen molar-refractivity contribution >= 4 is 17.5 Å². The van der Waals surface area contributed by atoms with Gasteiger partial charge in [0.2, 0.25) is 5.78 Å². The van der Waals surface area contributed by atoms with Crippen LogP contribution in [0.1, 0.15) is 23.8 Å². The largest absolute Gasteiger partial charge is 0.475 e. The highest BCUT2D eigenvalue weighted by molar-refractivity contribution is 6.37. The molecule has 5 heteroatoms. The molecule has 0 spiro atoms. The molecule has 1 N–H and O–H groups in total. The highest BCUT2D eigenvalue weighted by Gasteiger charge is 2.19. The molecule has 1 aromatic heterocycles. The van der Waals surface area contributed by atoms with Gasteiger partial charge >= 0.3 is 5.97 Å². The first-order chi connectivity index (χ1) is 7.06. The third-order valence-corrected chi connectivity index (χ3v) is 2.02. The summed E-state index contributed by atoms with van der Waals surface area (Å²) in [6.07, 6.45) is 1.12. The number of carbonyl (C=O) groups is 3. The standard InChI is InChI=1S/C10H11NO4/c1-2-11-5-3-4-7(11)8(12)6-9(13)10(14)15/h3-5H,2,6H2,1H3,(H,14,15). The van der Waals surface area contributed by atoms with E-state index in [0.29, 0.717) is 12.2 Å². The molecule has 0 bridgehead atoms. The monoisotopic (exact) mass is 209 g/mol. The van der Waals surface area contributed by atoms with Gasteiger partial charge in [-0.05, 0) is 19.1 Å². The van der Waals surface area contributed by atoms with E-state index in [9.17, 15) is 14.4 Å². The van der Waals surface area contributed by atoms with Crippen molar-refractivity contribution in [3.63, 3.8) is 0 Å². The van der Waals surface area contributed by atoms with Crippen LogP contribution in [0.5, 0.6) is 0 Å². The molecule has 0 saturated carbocycles. The molecule has 0 unspecified atom stereocenters. The molecule has 0 atom stereocenters. The Kier molecular flexibility index (Phi) is 3.38. The summed E-state index contributed by atoms with van der Waals surface area (Å²) in [7, 11) is 0. The Balaban J connectivity index is 2.78. The number of hydrogen-bond acceptors (Lipinski definition) is 3. The van der Waals surface area contributed by atoms with E-state index in [2.05, 4.69) is 0 Å². The quantitative estimate of drug-likeness (QED) is 0.440. The average molecular weight is 209 g/mol. The minimum Gasteiger partial charge on any atom is -0.475 e. The summed E-state index contributed by atoms with van der Waals surface area (Å²) in [5, 5.41) is 8.35. The molecule has 0 aliphatic heterocycles. The molecule has 1 heterocycles. The predicted molar refractivity (Wildman–Crippen MR) is 51.7 cm³/mol. The van der Waals surface area contributed by atoms with E-state index in [0.717, 1.165) is 0 Å². The highest BCUT2D eigenvalue weighted by atomic mass is 16.4. The van der Waals surface area contributed by atoms with Crippen LogP contribution in [0.4, 0.5) is 0 Å². The lowest BCUT2D eigenvalue weighted by molar-refractivity contribution is -0.148. The molecule has 0 fully saturated rings. The van der Waals surface area contributed by atoms with Crippen LogP contribution < -0.4 is 0 Å². The highest BCUT2D eigenvalue weighted by Crippen LogP contribution is 2.06. The Hall–Kier alpha value is -1.91. The second-order valence-corrected chi connectivity index (χ2v) is 3.01. The van der Waals surface area contributed by atoms with E-state index in [1.165, 1.54) is 0 Å². The molecule has 15 heavy (non-hydrogen) atoms. The summed E-state index contributed by atoms with van der Waals surface area (Å²) in [4.78, 5) is 32.6. The van der Waals surface area contributed by atoms with Crippen LogP contribution in [-0.4, -0.2) is 27.2 Å². The fraction of sp³-hybridized carbons (Fsp3) is 0.300. The van der Waals surface area contributed by atoms with Crippen molar-refractivity contribution in [3.05, 3.63) is 24.0 Å². The van der Waals surface area contributed by atoms with Gasteiger partial charge in [-0.2, -0.15) is 0 Å². The van der Waals surface area contributed by atoms with E-state index in [-0.39, 0.29) is 0 Å². The first kappa shape index (κ1) is 11.2. The molecular weight excluding hydrogens is 198 g/mol. The van der Waals surface area contributed by atoms with Crippen molar-refractivity contribution in [2.75, 3.05) is 0 Å². The van der Waals surface area contributed by atoms with E-state index >= 15 is 0 Å². The predicted octanol–water partition coefficient (Wildman–Crippen LogP) is 0.734. The summed E-state index contributed by atoms with van der Waals surface area (Å²) in [5.41, 5.74) is 0.368. The van der Waals surface area contributed by atoms with Gasteiger partial charge in [0.1, 0.15) is 0 Å². The van der Waals surface area contributed by atoms with Crippen LogP contribution in [0.3, 0.4) is 0 Å². The Morgan fingerprint density at radius 3 is 2.60 bits per heavy atom. The number of aryl methyl sites for hydroxylation is 1. The Bertz CT molecular complexity index is 405. The number of rotatable bonds is 5. The zero-order chi connectivity index (χ0) is 11.4. The van der Waals surface area contributed by atoms with Crippen molar-refractivity contribution in [2.45, 2.75) is 19.9 Å². The van der Waals surface area contributed by atoms with Crippen molar-refractivity contribution in [3.8, 4) is 0 Å². The number of aliphatic carboxylic acids is 1. The second kappa shape index (κ2) is 4.54. The number of ketones is 2. The normalized spacial score (nSPS) is 9.93. The van der Waals surface area contributed by atoms with Gasteiger partial charge in [-0.25, -0.2) is 4.79 Å². The van der Waals surface area contributed by atoms with Crippen LogP contribution in [0.2, 0.25) is 0 Å². The molecule has 1 rings (SSSR count). The zero-order valence-electron chi connectivity index (χ0n) is 8.27. The lowest BCUT2D eigenvalue weighted by Crippen LogP contribution is -2.18. The first-order valence-electron chi connectivity index (χ1n) is 4.50. The van der Waals surface area contributed by atoms with Gasteiger partial charge in [0, 0.05) is 12.7 Å². The van der Waals surface area contributed by atoms with Crippen molar-refractivity contribution in [1.29, 1.82) is 0 Å². The van der Waals surface area contributed by atoms with Gasteiger partial charge in [-0.1, -0.05) is 0 Å². The average Bonchev–Trinajstić information content (AvgIpc) is 2.64. The molecule has 0 aromatic carbocycles. The Labute approximate surface area is 86.3 Å². The molecule has 5 nitrogen and oxygen atoms in total. The number of hydrogen-bond donors (Lipinski definition) is 1. The van der Waals surface area contributed by atoms with Crippen LogP contribution in [-0.2, 0) is 16.1 Å². The molecule has 1 aromatic rings. The lowest BCUT2D eigenvalue weighted by atomic mass is 10.1. The van der Waals surface area contributed by atoms with Gasteiger partial charge in [0.05, 0.1) is 12.1 Å².